The van der Waals surface area contributed by atoms with Gasteiger partial charge in [-0.25, -0.2) is 0 Å². The third-order valence-corrected chi connectivity index (χ3v) is 5.19. The minimum Gasteiger partial charge on any atom is -0.497 e. The molecule has 27 heavy (non-hydrogen) atoms. The zero-order chi connectivity index (χ0) is 19.6. The van der Waals surface area contributed by atoms with Crippen LogP contribution in [0.25, 0.3) is 10.2 Å². The lowest BCUT2D eigenvalue weighted by Crippen LogP contribution is -2.22. The Bertz CT molecular complexity index is 1080. The number of carbonyl (C=O) groups is 2. The summed E-state index contributed by atoms with van der Waals surface area (Å²) in [4.78, 5) is 28.9. The highest BCUT2D eigenvalue weighted by molar-refractivity contribution is 7.16. The standard InChI is InChI=1S/C18H14Cl2N2O4S/c1-25-13-3-4-14-15(8-13)27-18(22(14)9-16(23)26-2)21-17(24)10-5-11(19)7-12(20)6-10/h3-8H,9H2,1-2H3. The molecule has 0 atom stereocenters. The zero-order valence-corrected chi connectivity index (χ0v) is 16.7. The Labute approximate surface area is 168 Å². The van der Waals surface area contributed by atoms with Crippen LogP contribution in [0.2, 0.25) is 10.0 Å². The number of halogens is 2. The van der Waals surface area contributed by atoms with Crippen LogP contribution in [0.4, 0.5) is 0 Å². The fourth-order valence-electron chi connectivity index (χ4n) is 2.44. The van der Waals surface area contributed by atoms with E-state index in [4.69, 9.17) is 32.7 Å². The molecular weight excluding hydrogens is 411 g/mol. The summed E-state index contributed by atoms with van der Waals surface area (Å²) < 4.78 is 12.4. The van der Waals surface area contributed by atoms with Gasteiger partial charge in [0.15, 0.2) is 4.80 Å². The monoisotopic (exact) mass is 424 g/mol. The first kappa shape index (κ1) is 19.4. The predicted octanol–water partition coefficient (Wildman–Crippen LogP) is 3.93. The van der Waals surface area contributed by atoms with Crippen LogP contribution in [-0.4, -0.2) is 30.7 Å². The summed E-state index contributed by atoms with van der Waals surface area (Å²) in [6, 6.07) is 9.88. The molecule has 3 aromatic rings. The lowest BCUT2D eigenvalue weighted by molar-refractivity contribution is -0.141. The van der Waals surface area contributed by atoms with Crippen molar-refractivity contribution in [1.82, 2.24) is 4.57 Å². The molecule has 0 aliphatic rings. The molecule has 0 N–H and O–H groups in total. The maximum atomic E-state index is 12.6. The van der Waals surface area contributed by atoms with Gasteiger partial charge in [-0.1, -0.05) is 34.5 Å². The second-order valence-corrected chi connectivity index (χ2v) is 7.34. The second-order valence-electron chi connectivity index (χ2n) is 5.46. The summed E-state index contributed by atoms with van der Waals surface area (Å²) in [5, 5.41) is 0.675. The number of methoxy groups -OCH3 is 2. The van der Waals surface area contributed by atoms with Crippen molar-refractivity contribution >= 4 is 56.6 Å². The van der Waals surface area contributed by atoms with Gasteiger partial charge in [0.2, 0.25) is 0 Å². The van der Waals surface area contributed by atoms with Crippen LogP contribution in [0, 0.1) is 0 Å². The molecule has 2 aromatic carbocycles. The van der Waals surface area contributed by atoms with Crippen LogP contribution in [0.1, 0.15) is 10.4 Å². The molecule has 1 aromatic heterocycles. The van der Waals surface area contributed by atoms with E-state index in [1.54, 1.807) is 23.8 Å². The molecule has 0 saturated heterocycles. The largest absolute Gasteiger partial charge is 0.497 e. The number of ether oxygens (including phenoxy) is 2. The topological polar surface area (TPSA) is 69.9 Å². The third-order valence-electron chi connectivity index (χ3n) is 3.71. The molecule has 0 aliphatic carbocycles. The maximum Gasteiger partial charge on any atom is 0.325 e. The van der Waals surface area contributed by atoms with Gasteiger partial charge in [0.05, 0.1) is 24.4 Å². The SMILES string of the molecule is COC(=O)Cn1c(=NC(=O)c2cc(Cl)cc(Cl)c2)sc2cc(OC)ccc21. The number of fused-ring (bicyclic) bond motifs is 1. The maximum absolute atomic E-state index is 12.6. The van der Waals surface area contributed by atoms with Gasteiger partial charge in [0.1, 0.15) is 12.3 Å². The number of rotatable bonds is 4. The second kappa shape index (κ2) is 8.12. The number of nitrogens with zero attached hydrogens (tertiary/aromatic N) is 2. The third kappa shape index (κ3) is 4.32. The molecule has 0 bridgehead atoms. The number of aromatic nitrogens is 1. The van der Waals surface area contributed by atoms with Crippen molar-refractivity contribution in [1.29, 1.82) is 0 Å². The van der Waals surface area contributed by atoms with E-state index in [2.05, 4.69) is 4.99 Å². The molecule has 1 amide bonds. The van der Waals surface area contributed by atoms with E-state index in [1.165, 1.54) is 36.6 Å². The number of hydrogen-bond acceptors (Lipinski definition) is 5. The summed E-state index contributed by atoms with van der Waals surface area (Å²) in [6.45, 7) is -0.0781. The van der Waals surface area contributed by atoms with Crippen molar-refractivity contribution in [3.05, 3.63) is 56.8 Å². The highest BCUT2D eigenvalue weighted by Gasteiger charge is 2.14. The first-order valence-corrected chi connectivity index (χ1v) is 9.28. The Morgan fingerprint density at radius 3 is 2.44 bits per heavy atom. The average Bonchev–Trinajstić information content (AvgIpc) is 2.96. The fraction of sp³-hybridized carbons (Fsp3) is 0.167. The fourth-order valence-corrected chi connectivity index (χ4v) is 4.02. The van der Waals surface area contributed by atoms with E-state index in [9.17, 15) is 9.59 Å². The van der Waals surface area contributed by atoms with Gasteiger partial charge in [-0.15, -0.1) is 0 Å². The van der Waals surface area contributed by atoms with Gasteiger partial charge in [0.25, 0.3) is 5.91 Å². The van der Waals surface area contributed by atoms with Crippen molar-refractivity contribution < 1.29 is 19.1 Å². The van der Waals surface area contributed by atoms with Crippen LogP contribution in [0.15, 0.2) is 41.4 Å². The van der Waals surface area contributed by atoms with Crippen LogP contribution in [0.5, 0.6) is 5.75 Å². The van der Waals surface area contributed by atoms with Gasteiger partial charge >= 0.3 is 5.97 Å². The van der Waals surface area contributed by atoms with Crippen molar-refractivity contribution in [3.8, 4) is 5.75 Å². The van der Waals surface area contributed by atoms with Gasteiger partial charge in [0, 0.05) is 15.6 Å². The molecule has 9 heteroatoms. The summed E-state index contributed by atoms with van der Waals surface area (Å²) in [5.74, 6) is -0.310. The highest BCUT2D eigenvalue weighted by atomic mass is 35.5. The predicted molar refractivity (Wildman–Crippen MR) is 105 cm³/mol. The van der Waals surface area contributed by atoms with Crippen molar-refractivity contribution in [2.75, 3.05) is 14.2 Å². The molecule has 0 aliphatic heterocycles. The number of thiazole rings is 1. The highest BCUT2D eigenvalue weighted by Crippen LogP contribution is 2.24. The average molecular weight is 425 g/mol. The van der Waals surface area contributed by atoms with E-state index < -0.39 is 11.9 Å². The van der Waals surface area contributed by atoms with Crippen LogP contribution < -0.4 is 9.54 Å². The Hall–Kier alpha value is -2.35. The Kier molecular flexibility index (Phi) is 5.84. The van der Waals surface area contributed by atoms with Crippen LogP contribution in [0.3, 0.4) is 0 Å². The number of carbonyl (C=O) groups excluding carboxylic acids is 2. The summed E-state index contributed by atoms with van der Waals surface area (Å²) in [7, 11) is 2.87. The van der Waals surface area contributed by atoms with E-state index in [1.807, 2.05) is 6.07 Å². The normalized spacial score (nSPS) is 11.6. The molecule has 0 unspecified atom stereocenters. The Morgan fingerprint density at radius 2 is 1.81 bits per heavy atom. The summed E-state index contributed by atoms with van der Waals surface area (Å²) in [6.07, 6.45) is 0. The molecule has 0 saturated carbocycles. The minimum absolute atomic E-state index is 0.0781. The molecule has 3 rings (SSSR count). The van der Waals surface area contributed by atoms with Gasteiger partial charge in [-0.05, 0) is 36.4 Å². The lowest BCUT2D eigenvalue weighted by atomic mass is 10.2. The van der Waals surface area contributed by atoms with Gasteiger partial charge in [-0.2, -0.15) is 4.99 Å². The molecule has 0 fully saturated rings. The van der Waals surface area contributed by atoms with Gasteiger partial charge < -0.3 is 14.0 Å². The van der Waals surface area contributed by atoms with E-state index in [0.717, 1.165) is 10.2 Å². The van der Waals surface area contributed by atoms with Crippen molar-refractivity contribution in [3.63, 3.8) is 0 Å². The zero-order valence-electron chi connectivity index (χ0n) is 14.4. The summed E-state index contributed by atoms with van der Waals surface area (Å²) >= 11 is 13.2. The van der Waals surface area contributed by atoms with Crippen LogP contribution >= 0.6 is 34.5 Å². The Morgan fingerprint density at radius 1 is 1.11 bits per heavy atom. The molecule has 1 heterocycles. The number of hydrogen-bond donors (Lipinski definition) is 0. The van der Waals surface area contributed by atoms with Crippen molar-refractivity contribution in [2.24, 2.45) is 4.99 Å². The number of amides is 1. The van der Waals surface area contributed by atoms with E-state index >= 15 is 0 Å². The smallest absolute Gasteiger partial charge is 0.325 e. The first-order chi connectivity index (χ1) is 12.9. The number of benzene rings is 2. The molecule has 6 nitrogen and oxygen atoms in total. The molecular formula is C18H14Cl2N2O4S. The minimum atomic E-state index is -0.517. The van der Waals surface area contributed by atoms with E-state index in [0.29, 0.717) is 20.6 Å². The lowest BCUT2D eigenvalue weighted by Gasteiger charge is -2.04. The van der Waals surface area contributed by atoms with Gasteiger partial charge in [-0.3, -0.25) is 9.59 Å². The molecule has 0 spiro atoms. The Balaban J connectivity index is 2.15. The van der Waals surface area contributed by atoms with Crippen molar-refractivity contribution in [2.45, 2.75) is 6.54 Å². The van der Waals surface area contributed by atoms with Crippen LogP contribution in [-0.2, 0) is 16.1 Å². The first-order valence-electron chi connectivity index (χ1n) is 7.70. The molecule has 0 radical (unpaired) electrons. The quantitative estimate of drug-likeness (QED) is 0.594. The summed E-state index contributed by atoms with van der Waals surface area (Å²) in [5.41, 5.74) is 0.994. The van der Waals surface area contributed by atoms with E-state index in [-0.39, 0.29) is 12.1 Å². The number of esters is 1. The molecule has 140 valence electrons.